The van der Waals surface area contributed by atoms with Crippen LogP contribution in [-0.4, -0.2) is 28.7 Å². The molecule has 4 nitrogen and oxygen atoms in total. The van der Waals surface area contributed by atoms with Crippen LogP contribution < -0.4 is 4.72 Å². The molecule has 1 aromatic rings. The highest BCUT2D eigenvalue weighted by Crippen LogP contribution is 2.10. The molecule has 0 saturated carbocycles. The van der Waals surface area contributed by atoms with Crippen molar-refractivity contribution in [1.29, 1.82) is 0 Å². The summed E-state index contributed by atoms with van der Waals surface area (Å²) in [5.74, 6) is 0. The summed E-state index contributed by atoms with van der Waals surface area (Å²) in [6.45, 7) is 3.14. The van der Waals surface area contributed by atoms with Gasteiger partial charge in [0.25, 0.3) is 0 Å². The van der Waals surface area contributed by atoms with Gasteiger partial charge in [0.1, 0.15) is 0 Å². The fourth-order valence-electron chi connectivity index (χ4n) is 1.57. The Labute approximate surface area is 109 Å². The molecule has 0 spiro atoms. The van der Waals surface area contributed by atoms with Crippen LogP contribution in [0.3, 0.4) is 0 Å². The first-order valence-electron chi connectivity index (χ1n) is 6.17. The molecule has 0 radical (unpaired) electrons. The van der Waals surface area contributed by atoms with Crippen LogP contribution >= 0.6 is 0 Å². The summed E-state index contributed by atoms with van der Waals surface area (Å²) < 4.78 is 31.3. The Morgan fingerprint density at radius 3 is 2.39 bits per heavy atom. The fourth-order valence-corrected chi connectivity index (χ4v) is 2.64. The molecule has 1 N–H and O–H groups in total. The second kappa shape index (κ2) is 7.51. The zero-order valence-corrected chi connectivity index (χ0v) is 11.8. The summed E-state index contributed by atoms with van der Waals surface area (Å²) >= 11 is 0. The molecule has 0 fully saturated rings. The molecule has 0 atom stereocenters. The smallest absolute Gasteiger partial charge is 0.240 e. The number of hydrogen-bond donors (Lipinski definition) is 1. The van der Waals surface area contributed by atoms with E-state index in [1.807, 2.05) is 19.1 Å². The van der Waals surface area contributed by atoms with E-state index in [0.717, 1.165) is 24.8 Å². The van der Waals surface area contributed by atoms with E-state index < -0.39 is 10.0 Å². The van der Waals surface area contributed by atoms with Gasteiger partial charge in [-0.05, 0) is 37.0 Å². The standard InChI is InChI=1S/C13H21NO3S/c1-3-12-6-8-13(9-7-12)18(15,16)14-10-4-5-11-17-2/h6-9,14H,3-5,10-11H2,1-2H3. The molecular formula is C13H21NO3S. The molecule has 0 unspecified atom stereocenters. The van der Waals surface area contributed by atoms with Gasteiger partial charge < -0.3 is 4.74 Å². The fraction of sp³-hybridized carbons (Fsp3) is 0.538. The van der Waals surface area contributed by atoms with Gasteiger partial charge in [-0.2, -0.15) is 0 Å². The quantitative estimate of drug-likeness (QED) is 0.735. The summed E-state index contributed by atoms with van der Waals surface area (Å²) in [7, 11) is -1.72. The maximum atomic E-state index is 11.9. The van der Waals surface area contributed by atoms with Crippen molar-refractivity contribution in [1.82, 2.24) is 4.72 Å². The molecule has 0 aromatic heterocycles. The third-order valence-electron chi connectivity index (χ3n) is 2.71. The number of nitrogens with one attached hydrogen (secondary N) is 1. The molecule has 5 heteroatoms. The molecule has 1 rings (SSSR count). The minimum atomic E-state index is -3.36. The summed E-state index contributed by atoms with van der Waals surface area (Å²) in [4.78, 5) is 0.325. The Bertz CT molecular complexity index is 440. The lowest BCUT2D eigenvalue weighted by molar-refractivity contribution is 0.193. The Morgan fingerprint density at radius 2 is 1.83 bits per heavy atom. The van der Waals surface area contributed by atoms with Gasteiger partial charge in [0.05, 0.1) is 4.90 Å². The monoisotopic (exact) mass is 271 g/mol. The molecule has 0 aliphatic heterocycles. The molecule has 0 amide bonds. The lowest BCUT2D eigenvalue weighted by Crippen LogP contribution is -2.25. The zero-order valence-electron chi connectivity index (χ0n) is 11.0. The predicted octanol–water partition coefficient (Wildman–Crippen LogP) is 1.95. The van der Waals surface area contributed by atoms with E-state index in [9.17, 15) is 8.42 Å². The summed E-state index contributed by atoms with van der Waals surface area (Å²) in [5, 5.41) is 0. The summed E-state index contributed by atoms with van der Waals surface area (Å²) in [5.41, 5.74) is 1.13. The number of benzene rings is 1. The van der Waals surface area contributed by atoms with Crippen molar-refractivity contribution >= 4 is 10.0 Å². The summed E-state index contributed by atoms with van der Waals surface area (Å²) in [6, 6.07) is 6.99. The largest absolute Gasteiger partial charge is 0.385 e. The Balaban J connectivity index is 2.51. The maximum Gasteiger partial charge on any atom is 0.240 e. The molecule has 0 aliphatic carbocycles. The van der Waals surface area contributed by atoms with Gasteiger partial charge in [0, 0.05) is 20.3 Å². The SMILES string of the molecule is CCc1ccc(S(=O)(=O)NCCCCOC)cc1. The number of rotatable bonds is 8. The van der Waals surface area contributed by atoms with E-state index in [2.05, 4.69) is 4.72 Å². The average Bonchev–Trinajstić information content (AvgIpc) is 2.38. The Kier molecular flexibility index (Phi) is 6.32. The topological polar surface area (TPSA) is 55.4 Å². The van der Waals surface area contributed by atoms with Crippen molar-refractivity contribution in [2.75, 3.05) is 20.3 Å². The van der Waals surface area contributed by atoms with Gasteiger partial charge in [0.15, 0.2) is 0 Å². The minimum Gasteiger partial charge on any atom is -0.385 e. The van der Waals surface area contributed by atoms with Crippen molar-refractivity contribution in [2.45, 2.75) is 31.1 Å². The lowest BCUT2D eigenvalue weighted by atomic mass is 10.2. The number of unbranched alkanes of at least 4 members (excludes halogenated alkanes) is 1. The number of sulfonamides is 1. The van der Waals surface area contributed by atoms with Crippen LogP contribution in [-0.2, 0) is 21.2 Å². The van der Waals surface area contributed by atoms with Gasteiger partial charge in [-0.15, -0.1) is 0 Å². The highest BCUT2D eigenvalue weighted by molar-refractivity contribution is 7.89. The second-order valence-corrected chi connectivity index (χ2v) is 5.86. The number of ether oxygens (including phenoxy) is 1. The summed E-state index contributed by atoms with van der Waals surface area (Å²) in [6.07, 6.45) is 2.54. The van der Waals surface area contributed by atoms with Crippen LogP contribution in [0.2, 0.25) is 0 Å². The van der Waals surface area contributed by atoms with Crippen LogP contribution in [0.25, 0.3) is 0 Å². The molecule has 102 valence electrons. The van der Waals surface area contributed by atoms with Crippen LogP contribution in [0, 0.1) is 0 Å². The van der Waals surface area contributed by atoms with E-state index >= 15 is 0 Å². The van der Waals surface area contributed by atoms with E-state index in [-0.39, 0.29) is 0 Å². The van der Waals surface area contributed by atoms with E-state index in [1.54, 1.807) is 19.2 Å². The molecule has 18 heavy (non-hydrogen) atoms. The minimum absolute atomic E-state index is 0.325. The van der Waals surface area contributed by atoms with Gasteiger partial charge in [0.2, 0.25) is 10.0 Å². The maximum absolute atomic E-state index is 11.9. The normalized spacial score (nSPS) is 11.7. The highest BCUT2D eigenvalue weighted by Gasteiger charge is 2.12. The molecule has 0 bridgehead atoms. The third-order valence-corrected chi connectivity index (χ3v) is 4.19. The van der Waals surface area contributed by atoms with Crippen LogP contribution in [0.1, 0.15) is 25.3 Å². The molecule has 0 aliphatic rings. The number of aryl methyl sites for hydroxylation is 1. The lowest BCUT2D eigenvalue weighted by Gasteiger charge is -2.07. The van der Waals surface area contributed by atoms with Gasteiger partial charge in [-0.3, -0.25) is 0 Å². The Morgan fingerprint density at radius 1 is 1.17 bits per heavy atom. The predicted molar refractivity (Wildman–Crippen MR) is 72.1 cm³/mol. The van der Waals surface area contributed by atoms with Crippen molar-refractivity contribution in [3.05, 3.63) is 29.8 Å². The van der Waals surface area contributed by atoms with Crippen molar-refractivity contribution in [3.8, 4) is 0 Å². The second-order valence-electron chi connectivity index (χ2n) is 4.10. The highest BCUT2D eigenvalue weighted by atomic mass is 32.2. The molecule has 0 heterocycles. The molecular weight excluding hydrogens is 250 g/mol. The average molecular weight is 271 g/mol. The molecule has 0 saturated heterocycles. The first-order chi connectivity index (χ1) is 8.60. The first kappa shape index (κ1) is 15.1. The van der Waals surface area contributed by atoms with Crippen molar-refractivity contribution in [3.63, 3.8) is 0 Å². The van der Waals surface area contributed by atoms with Crippen LogP contribution in [0.15, 0.2) is 29.2 Å². The van der Waals surface area contributed by atoms with Gasteiger partial charge >= 0.3 is 0 Å². The van der Waals surface area contributed by atoms with Crippen LogP contribution in [0.4, 0.5) is 0 Å². The van der Waals surface area contributed by atoms with E-state index in [1.165, 1.54) is 0 Å². The van der Waals surface area contributed by atoms with Crippen LogP contribution in [0.5, 0.6) is 0 Å². The van der Waals surface area contributed by atoms with Gasteiger partial charge in [-0.25, -0.2) is 13.1 Å². The number of hydrogen-bond acceptors (Lipinski definition) is 3. The van der Waals surface area contributed by atoms with E-state index in [4.69, 9.17) is 4.74 Å². The zero-order chi connectivity index (χ0) is 13.4. The van der Waals surface area contributed by atoms with Gasteiger partial charge in [-0.1, -0.05) is 19.1 Å². The first-order valence-corrected chi connectivity index (χ1v) is 7.66. The third kappa shape index (κ3) is 4.76. The van der Waals surface area contributed by atoms with Crippen molar-refractivity contribution < 1.29 is 13.2 Å². The van der Waals surface area contributed by atoms with Crippen molar-refractivity contribution in [2.24, 2.45) is 0 Å². The molecule has 1 aromatic carbocycles. The Hall–Kier alpha value is -0.910. The van der Waals surface area contributed by atoms with E-state index in [0.29, 0.717) is 18.0 Å². The number of methoxy groups -OCH3 is 1.